The van der Waals surface area contributed by atoms with Crippen molar-refractivity contribution < 1.29 is 4.79 Å². The van der Waals surface area contributed by atoms with Gasteiger partial charge in [-0.1, -0.05) is 19.9 Å². The number of hydrogen-bond donors (Lipinski definition) is 0. The van der Waals surface area contributed by atoms with Crippen molar-refractivity contribution in [1.29, 1.82) is 0 Å². The maximum atomic E-state index is 12.5. The Morgan fingerprint density at radius 3 is 2.33 bits per heavy atom. The van der Waals surface area contributed by atoms with Gasteiger partial charge in [0, 0.05) is 32.7 Å². The van der Waals surface area contributed by atoms with Crippen molar-refractivity contribution in [3.05, 3.63) is 22.4 Å². The molecule has 2 fully saturated rings. The van der Waals surface area contributed by atoms with Gasteiger partial charge in [-0.3, -0.25) is 4.79 Å². The molecule has 4 nitrogen and oxygen atoms in total. The van der Waals surface area contributed by atoms with Crippen LogP contribution in [0.25, 0.3) is 0 Å². The maximum Gasteiger partial charge on any atom is 0.263 e. The fourth-order valence-corrected chi connectivity index (χ4v) is 4.78. The van der Waals surface area contributed by atoms with E-state index in [0.29, 0.717) is 5.41 Å². The minimum atomic E-state index is 0.211. The first-order valence-corrected chi connectivity index (χ1v) is 10.2. The third-order valence-electron chi connectivity index (χ3n) is 5.11. The Kier molecular flexibility index (Phi) is 5.95. The van der Waals surface area contributed by atoms with Gasteiger partial charge in [0.05, 0.1) is 4.88 Å². The van der Waals surface area contributed by atoms with E-state index in [1.54, 1.807) is 11.3 Å². The second-order valence-corrected chi connectivity index (χ2v) is 8.99. The number of rotatable bonds is 5. The van der Waals surface area contributed by atoms with Gasteiger partial charge >= 0.3 is 0 Å². The van der Waals surface area contributed by atoms with Crippen LogP contribution in [0.3, 0.4) is 0 Å². The number of carbonyl (C=O) groups excluding carboxylic acids is 1. The Balaban J connectivity index is 1.50. The van der Waals surface area contributed by atoms with Crippen LogP contribution in [0.5, 0.6) is 0 Å². The van der Waals surface area contributed by atoms with Crippen LogP contribution in [0, 0.1) is 5.41 Å². The lowest BCUT2D eigenvalue weighted by Crippen LogP contribution is -2.43. The van der Waals surface area contributed by atoms with Crippen LogP contribution >= 0.6 is 11.3 Å². The molecule has 3 heterocycles. The second-order valence-electron chi connectivity index (χ2n) is 8.05. The number of hydrogen-bond acceptors (Lipinski definition) is 4. The zero-order valence-electron chi connectivity index (χ0n) is 15.2. The van der Waals surface area contributed by atoms with Gasteiger partial charge in [0.2, 0.25) is 0 Å². The molecule has 1 aromatic rings. The van der Waals surface area contributed by atoms with Gasteiger partial charge < -0.3 is 14.7 Å². The van der Waals surface area contributed by atoms with E-state index in [0.717, 1.165) is 44.0 Å². The molecule has 0 bridgehead atoms. The van der Waals surface area contributed by atoms with Crippen molar-refractivity contribution in [3.63, 3.8) is 0 Å². The first-order valence-electron chi connectivity index (χ1n) is 9.31. The number of carbonyl (C=O) groups is 1. The molecule has 1 amide bonds. The highest BCUT2D eigenvalue weighted by Crippen LogP contribution is 2.23. The van der Waals surface area contributed by atoms with Gasteiger partial charge in [-0.2, -0.15) is 0 Å². The van der Waals surface area contributed by atoms with E-state index >= 15 is 0 Å². The molecule has 5 heteroatoms. The van der Waals surface area contributed by atoms with E-state index in [9.17, 15) is 4.79 Å². The van der Waals surface area contributed by atoms with Crippen molar-refractivity contribution in [2.75, 3.05) is 52.4 Å². The molecule has 0 spiro atoms. The summed E-state index contributed by atoms with van der Waals surface area (Å²) in [5.74, 6) is 0.211. The van der Waals surface area contributed by atoms with Gasteiger partial charge in [0.25, 0.3) is 5.91 Å². The van der Waals surface area contributed by atoms with Gasteiger partial charge in [-0.05, 0) is 55.8 Å². The molecule has 0 N–H and O–H groups in total. The molecule has 2 aliphatic rings. The summed E-state index contributed by atoms with van der Waals surface area (Å²) in [4.78, 5) is 20.6. The minimum absolute atomic E-state index is 0.211. The van der Waals surface area contributed by atoms with E-state index in [-0.39, 0.29) is 5.91 Å². The summed E-state index contributed by atoms with van der Waals surface area (Å²) in [5.41, 5.74) is 0.317. The molecule has 24 heavy (non-hydrogen) atoms. The Morgan fingerprint density at radius 1 is 1.00 bits per heavy atom. The number of amides is 1. The van der Waals surface area contributed by atoms with Crippen molar-refractivity contribution in [3.8, 4) is 0 Å². The molecular weight excluding hydrogens is 318 g/mol. The van der Waals surface area contributed by atoms with Crippen molar-refractivity contribution >= 4 is 17.2 Å². The lowest BCUT2D eigenvalue weighted by atomic mass is 9.92. The van der Waals surface area contributed by atoms with Crippen LogP contribution in [0.15, 0.2) is 17.5 Å². The van der Waals surface area contributed by atoms with Crippen molar-refractivity contribution in [1.82, 2.24) is 14.7 Å². The lowest BCUT2D eigenvalue weighted by Gasteiger charge is -2.35. The first kappa shape index (κ1) is 17.9. The molecule has 134 valence electrons. The van der Waals surface area contributed by atoms with E-state index in [4.69, 9.17) is 0 Å². The van der Waals surface area contributed by atoms with Crippen LogP contribution in [0.4, 0.5) is 0 Å². The SMILES string of the molecule is CC(C)(CN1CCCC1)CN1CCCN(C(=O)c2cccs2)CC1. The highest BCUT2D eigenvalue weighted by Gasteiger charge is 2.28. The largest absolute Gasteiger partial charge is 0.337 e. The summed E-state index contributed by atoms with van der Waals surface area (Å²) in [5, 5.41) is 1.98. The van der Waals surface area contributed by atoms with Crippen LogP contribution in [-0.4, -0.2) is 73.0 Å². The molecular formula is C19H31N3OS. The lowest BCUT2D eigenvalue weighted by molar-refractivity contribution is 0.0761. The fourth-order valence-electron chi connectivity index (χ4n) is 4.09. The smallest absolute Gasteiger partial charge is 0.263 e. The number of thiophene rings is 1. The fraction of sp³-hybridized carbons (Fsp3) is 0.737. The molecule has 1 aromatic heterocycles. The third-order valence-corrected chi connectivity index (χ3v) is 5.97. The van der Waals surface area contributed by atoms with Crippen LogP contribution < -0.4 is 0 Å². The van der Waals surface area contributed by atoms with Crippen molar-refractivity contribution in [2.24, 2.45) is 5.41 Å². The second kappa shape index (κ2) is 7.98. The van der Waals surface area contributed by atoms with Gasteiger partial charge in [0.1, 0.15) is 0 Å². The Hall–Kier alpha value is -0.910. The average Bonchev–Trinajstić information content (AvgIpc) is 3.18. The minimum Gasteiger partial charge on any atom is -0.337 e. The predicted octanol–water partition coefficient (Wildman–Crippen LogP) is 3.02. The van der Waals surface area contributed by atoms with Gasteiger partial charge in [-0.15, -0.1) is 11.3 Å². The molecule has 0 atom stereocenters. The number of nitrogens with zero attached hydrogens (tertiary/aromatic N) is 3. The zero-order chi connectivity index (χ0) is 17.0. The maximum absolute atomic E-state index is 12.5. The van der Waals surface area contributed by atoms with Crippen LogP contribution in [-0.2, 0) is 0 Å². The number of likely N-dealkylation sites (tertiary alicyclic amines) is 1. The topological polar surface area (TPSA) is 26.8 Å². The summed E-state index contributed by atoms with van der Waals surface area (Å²) in [7, 11) is 0. The Bertz CT molecular complexity index is 523. The molecule has 2 aliphatic heterocycles. The monoisotopic (exact) mass is 349 g/mol. The van der Waals surface area contributed by atoms with E-state index < -0.39 is 0 Å². The molecule has 0 radical (unpaired) electrons. The standard InChI is InChI=1S/C19H31N3OS/c1-19(2,15-20-8-3-4-9-20)16-21-10-6-11-22(13-12-21)18(23)17-7-5-14-24-17/h5,7,14H,3-4,6,8-13,15-16H2,1-2H3. The normalized spacial score (nSPS) is 21.2. The predicted molar refractivity (Wildman–Crippen MR) is 101 cm³/mol. The summed E-state index contributed by atoms with van der Waals surface area (Å²) >= 11 is 1.55. The molecule has 3 rings (SSSR count). The summed E-state index contributed by atoms with van der Waals surface area (Å²) in [6.07, 6.45) is 3.80. The quantitative estimate of drug-likeness (QED) is 0.817. The third kappa shape index (κ3) is 4.80. The highest BCUT2D eigenvalue weighted by atomic mass is 32.1. The zero-order valence-corrected chi connectivity index (χ0v) is 16.0. The summed E-state index contributed by atoms with van der Waals surface area (Å²) in [6.45, 7) is 13.5. The molecule has 0 aromatic carbocycles. The molecule has 0 aliphatic carbocycles. The van der Waals surface area contributed by atoms with Gasteiger partial charge in [-0.25, -0.2) is 0 Å². The highest BCUT2D eigenvalue weighted by molar-refractivity contribution is 7.12. The van der Waals surface area contributed by atoms with Crippen LogP contribution in [0.1, 0.15) is 42.8 Å². The average molecular weight is 350 g/mol. The van der Waals surface area contributed by atoms with E-state index in [2.05, 4.69) is 23.6 Å². The first-order chi connectivity index (χ1) is 11.5. The Labute approximate surface area is 150 Å². The van der Waals surface area contributed by atoms with E-state index in [1.807, 2.05) is 22.4 Å². The van der Waals surface area contributed by atoms with Gasteiger partial charge in [0.15, 0.2) is 0 Å². The van der Waals surface area contributed by atoms with Crippen LogP contribution in [0.2, 0.25) is 0 Å². The summed E-state index contributed by atoms with van der Waals surface area (Å²) in [6, 6.07) is 3.90. The molecule has 0 saturated carbocycles. The Morgan fingerprint density at radius 2 is 1.67 bits per heavy atom. The molecule has 0 unspecified atom stereocenters. The van der Waals surface area contributed by atoms with Crippen molar-refractivity contribution in [2.45, 2.75) is 33.1 Å². The summed E-state index contributed by atoms with van der Waals surface area (Å²) < 4.78 is 0. The van der Waals surface area contributed by atoms with E-state index in [1.165, 1.54) is 32.5 Å². The molecule has 2 saturated heterocycles.